The molecule has 0 saturated heterocycles. The van der Waals surface area contributed by atoms with Crippen molar-refractivity contribution in [2.45, 2.75) is 33.2 Å². The number of carbonyl (C=O) groups excluding carboxylic acids is 2. The molecule has 0 aliphatic carbocycles. The minimum Gasteiger partial charge on any atom is -0.353 e. The second-order valence-electron chi connectivity index (χ2n) is 5.56. The number of anilines is 1. The van der Waals surface area contributed by atoms with Gasteiger partial charge in [0.1, 0.15) is 6.04 Å². The molecule has 22 heavy (non-hydrogen) atoms. The first-order valence-corrected chi connectivity index (χ1v) is 7.96. The van der Waals surface area contributed by atoms with Crippen LogP contribution in [-0.2, 0) is 16.0 Å². The minimum atomic E-state index is -0.424. The second kappa shape index (κ2) is 7.40. The molecule has 1 atom stereocenters. The summed E-state index contributed by atoms with van der Waals surface area (Å²) in [4.78, 5) is 28.3. The van der Waals surface area contributed by atoms with Gasteiger partial charge in [0.05, 0.1) is 0 Å². The van der Waals surface area contributed by atoms with E-state index in [1.54, 1.807) is 4.90 Å². The summed E-state index contributed by atoms with van der Waals surface area (Å²) in [7, 11) is 0. The molecule has 120 valence electrons. The normalized spacial score (nSPS) is 16.7. The zero-order chi connectivity index (χ0) is 16.1. The maximum atomic E-state index is 12.5. The van der Waals surface area contributed by atoms with Crippen molar-refractivity contribution < 1.29 is 9.59 Å². The van der Waals surface area contributed by atoms with E-state index in [0.717, 1.165) is 30.9 Å². The van der Waals surface area contributed by atoms with E-state index in [1.807, 2.05) is 24.3 Å². The van der Waals surface area contributed by atoms with Gasteiger partial charge in [-0.3, -0.25) is 14.5 Å². The van der Waals surface area contributed by atoms with Gasteiger partial charge in [-0.25, -0.2) is 0 Å². The highest BCUT2D eigenvalue weighted by Gasteiger charge is 2.36. The van der Waals surface area contributed by atoms with Crippen molar-refractivity contribution in [2.24, 2.45) is 0 Å². The first kappa shape index (κ1) is 16.5. The molecule has 0 fully saturated rings. The topological polar surface area (TPSA) is 52.7 Å². The molecule has 0 spiro atoms. The number of para-hydroxylation sites is 1. The Kier molecular flexibility index (Phi) is 5.55. The number of carbonyl (C=O) groups is 2. The highest BCUT2D eigenvalue weighted by atomic mass is 16.2. The highest BCUT2D eigenvalue weighted by molar-refractivity contribution is 6.02. The fourth-order valence-electron chi connectivity index (χ4n) is 2.98. The summed E-state index contributed by atoms with van der Waals surface area (Å²) in [5, 5.41) is 2.97. The molecule has 1 aliphatic heterocycles. The van der Waals surface area contributed by atoms with Crippen LogP contribution in [0.25, 0.3) is 0 Å². The number of hydrogen-bond acceptors (Lipinski definition) is 3. The predicted octanol–water partition coefficient (Wildman–Crippen LogP) is 1.42. The quantitative estimate of drug-likeness (QED) is 0.865. The molecule has 2 rings (SSSR count). The van der Waals surface area contributed by atoms with Crippen molar-refractivity contribution >= 4 is 17.5 Å². The standard InChI is InChI=1S/C17H25N3O2/c1-4-19(5-2)11-10-18-17(22)16-12-14-8-6-7-9-15(14)20(16)13(3)21/h6-9,16H,4-5,10-12H2,1-3H3,(H,18,22). The van der Waals surface area contributed by atoms with E-state index < -0.39 is 6.04 Å². The van der Waals surface area contributed by atoms with Gasteiger partial charge < -0.3 is 10.2 Å². The molecule has 1 aromatic rings. The average molecular weight is 303 g/mol. The lowest BCUT2D eigenvalue weighted by molar-refractivity contribution is -0.125. The Morgan fingerprint density at radius 1 is 1.27 bits per heavy atom. The summed E-state index contributed by atoms with van der Waals surface area (Å²) in [5.41, 5.74) is 1.92. The lowest BCUT2D eigenvalue weighted by Crippen LogP contribution is -2.48. The molecule has 1 heterocycles. The van der Waals surface area contributed by atoms with Crippen molar-refractivity contribution in [1.29, 1.82) is 0 Å². The van der Waals surface area contributed by atoms with Crippen LogP contribution in [0.1, 0.15) is 26.3 Å². The Labute approximate surface area is 132 Å². The molecule has 0 bridgehead atoms. The van der Waals surface area contributed by atoms with E-state index in [1.165, 1.54) is 6.92 Å². The molecule has 0 radical (unpaired) electrons. The molecule has 1 aromatic carbocycles. The maximum Gasteiger partial charge on any atom is 0.243 e. The number of amides is 2. The number of hydrogen-bond donors (Lipinski definition) is 1. The Morgan fingerprint density at radius 3 is 2.59 bits per heavy atom. The zero-order valence-electron chi connectivity index (χ0n) is 13.6. The Bertz CT molecular complexity index is 540. The van der Waals surface area contributed by atoms with Crippen LogP contribution in [0.15, 0.2) is 24.3 Å². The van der Waals surface area contributed by atoms with Gasteiger partial charge in [-0.15, -0.1) is 0 Å². The van der Waals surface area contributed by atoms with Gasteiger partial charge in [0, 0.05) is 32.1 Å². The minimum absolute atomic E-state index is 0.0708. The fraction of sp³-hybridized carbons (Fsp3) is 0.529. The third-order valence-corrected chi connectivity index (χ3v) is 4.24. The average Bonchev–Trinajstić information content (AvgIpc) is 2.91. The van der Waals surface area contributed by atoms with Crippen molar-refractivity contribution in [1.82, 2.24) is 10.2 Å². The number of nitrogens with zero attached hydrogens (tertiary/aromatic N) is 2. The van der Waals surface area contributed by atoms with Crippen LogP contribution in [0.3, 0.4) is 0 Å². The monoisotopic (exact) mass is 303 g/mol. The lowest BCUT2D eigenvalue weighted by Gasteiger charge is -2.24. The van der Waals surface area contributed by atoms with Crippen molar-refractivity contribution in [3.8, 4) is 0 Å². The van der Waals surface area contributed by atoms with Gasteiger partial charge in [0.15, 0.2) is 0 Å². The molecule has 2 amide bonds. The molecule has 0 aromatic heterocycles. The number of rotatable bonds is 6. The summed E-state index contributed by atoms with van der Waals surface area (Å²) < 4.78 is 0. The summed E-state index contributed by atoms with van der Waals surface area (Å²) >= 11 is 0. The predicted molar refractivity (Wildman–Crippen MR) is 87.9 cm³/mol. The van der Waals surface area contributed by atoms with Crippen molar-refractivity contribution in [3.63, 3.8) is 0 Å². The molecule has 1 N–H and O–H groups in total. The smallest absolute Gasteiger partial charge is 0.243 e. The SMILES string of the molecule is CCN(CC)CCNC(=O)C1Cc2ccccc2N1C(C)=O. The Balaban J connectivity index is 2.00. The van der Waals surface area contributed by atoms with Crippen LogP contribution < -0.4 is 10.2 Å². The maximum absolute atomic E-state index is 12.5. The van der Waals surface area contributed by atoms with Crippen LogP contribution in [0.4, 0.5) is 5.69 Å². The summed E-state index contributed by atoms with van der Waals surface area (Å²) in [6.45, 7) is 9.12. The first-order valence-electron chi connectivity index (χ1n) is 7.96. The van der Waals surface area contributed by atoms with Crippen molar-refractivity contribution in [2.75, 3.05) is 31.1 Å². The van der Waals surface area contributed by atoms with Gasteiger partial charge in [-0.05, 0) is 24.7 Å². The zero-order valence-corrected chi connectivity index (χ0v) is 13.6. The molecular weight excluding hydrogens is 278 g/mol. The van der Waals surface area contributed by atoms with E-state index in [-0.39, 0.29) is 11.8 Å². The largest absolute Gasteiger partial charge is 0.353 e. The van der Waals surface area contributed by atoms with Crippen LogP contribution in [0, 0.1) is 0 Å². The van der Waals surface area contributed by atoms with Gasteiger partial charge in [0.25, 0.3) is 0 Å². The third-order valence-electron chi connectivity index (χ3n) is 4.24. The van der Waals surface area contributed by atoms with Crippen molar-refractivity contribution in [3.05, 3.63) is 29.8 Å². The van der Waals surface area contributed by atoms with Crippen LogP contribution >= 0.6 is 0 Å². The van der Waals surface area contributed by atoms with Crippen LogP contribution in [0.2, 0.25) is 0 Å². The highest BCUT2D eigenvalue weighted by Crippen LogP contribution is 2.32. The number of nitrogens with one attached hydrogen (secondary N) is 1. The first-order chi connectivity index (χ1) is 10.6. The molecule has 1 aliphatic rings. The third kappa shape index (κ3) is 3.47. The van der Waals surface area contributed by atoms with E-state index >= 15 is 0 Å². The van der Waals surface area contributed by atoms with Gasteiger partial charge in [0.2, 0.25) is 11.8 Å². The van der Waals surface area contributed by atoms with Gasteiger partial charge >= 0.3 is 0 Å². The summed E-state index contributed by atoms with van der Waals surface area (Å²) in [5.74, 6) is -0.160. The van der Waals surface area contributed by atoms with E-state index in [2.05, 4.69) is 24.1 Å². The number of fused-ring (bicyclic) bond motifs is 1. The molecule has 0 saturated carbocycles. The van der Waals surface area contributed by atoms with E-state index in [4.69, 9.17) is 0 Å². The fourth-order valence-corrected chi connectivity index (χ4v) is 2.98. The lowest BCUT2D eigenvalue weighted by atomic mass is 10.1. The van der Waals surface area contributed by atoms with Crippen LogP contribution in [-0.4, -0.2) is 48.9 Å². The van der Waals surface area contributed by atoms with Crippen LogP contribution in [0.5, 0.6) is 0 Å². The summed E-state index contributed by atoms with van der Waals surface area (Å²) in [6.07, 6.45) is 0.590. The molecule has 5 nitrogen and oxygen atoms in total. The second-order valence-corrected chi connectivity index (χ2v) is 5.56. The molecular formula is C17H25N3O2. The summed E-state index contributed by atoms with van der Waals surface area (Å²) in [6, 6.07) is 7.30. The van der Waals surface area contributed by atoms with E-state index in [9.17, 15) is 9.59 Å². The Hall–Kier alpha value is -1.88. The molecule has 5 heteroatoms. The molecule has 1 unspecified atom stereocenters. The number of likely N-dealkylation sites (N-methyl/N-ethyl adjacent to an activating group) is 1. The van der Waals surface area contributed by atoms with E-state index in [0.29, 0.717) is 13.0 Å². The Morgan fingerprint density at radius 2 is 1.95 bits per heavy atom. The van der Waals surface area contributed by atoms with Gasteiger partial charge in [-0.1, -0.05) is 32.0 Å². The van der Waals surface area contributed by atoms with Gasteiger partial charge in [-0.2, -0.15) is 0 Å². The number of benzene rings is 1.